The third-order valence-corrected chi connectivity index (χ3v) is 5.15. The minimum Gasteiger partial charge on any atom is -0.347 e. The summed E-state index contributed by atoms with van der Waals surface area (Å²) in [6.07, 6.45) is 0. The highest BCUT2D eigenvalue weighted by atomic mass is 32.1. The molecule has 0 bridgehead atoms. The number of hydrogen-bond donors (Lipinski definition) is 1. The second-order valence-corrected chi connectivity index (χ2v) is 6.98. The number of carbonyl (C=O) groups is 1. The van der Waals surface area contributed by atoms with Gasteiger partial charge in [-0.25, -0.2) is 4.98 Å². The Balaban J connectivity index is 1.77. The van der Waals surface area contributed by atoms with Gasteiger partial charge in [0.05, 0.1) is 10.7 Å². The van der Waals surface area contributed by atoms with Crippen LogP contribution < -0.4 is 5.32 Å². The summed E-state index contributed by atoms with van der Waals surface area (Å²) in [6, 6.07) is 10.3. The van der Waals surface area contributed by atoms with Gasteiger partial charge >= 0.3 is 0 Å². The van der Waals surface area contributed by atoms with Crippen LogP contribution in [0.3, 0.4) is 0 Å². The fourth-order valence-corrected chi connectivity index (χ4v) is 3.86. The van der Waals surface area contributed by atoms with Crippen molar-refractivity contribution >= 4 is 28.6 Å². The molecule has 1 amide bonds. The van der Waals surface area contributed by atoms with E-state index in [1.807, 2.05) is 26.0 Å². The number of carbonyl (C=O) groups excluding carboxylic acids is 1. The zero-order valence-electron chi connectivity index (χ0n) is 12.4. The van der Waals surface area contributed by atoms with E-state index in [1.165, 1.54) is 22.5 Å². The molecule has 0 aliphatic heterocycles. The lowest BCUT2D eigenvalue weighted by Gasteiger charge is -2.09. The van der Waals surface area contributed by atoms with E-state index < -0.39 is 0 Å². The Kier molecular flexibility index (Phi) is 4.36. The zero-order valence-corrected chi connectivity index (χ0v) is 14.1. The average molecular weight is 328 g/mol. The van der Waals surface area contributed by atoms with E-state index in [1.54, 1.807) is 11.3 Å². The molecular weight excluding hydrogens is 312 g/mol. The highest BCUT2D eigenvalue weighted by Crippen LogP contribution is 2.26. The quantitative estimate of drug-likeness (QED) is 0.770. The number of nitrogens with one attached hydrogen (secondary N) is 1. The number of benzene rings is 1. The molecule has 3 rings (SSSR count). The SMILES string of the molecule is Cc1nc(C)c(C(=O)NCc2ccccc2-c2ccsc2)s1. The molecule has 0 radical (unpaired) electrons. The van der Waals surface area contributed by atoms with Gasteiger partial charge < -0.3 is 5.32 Å². The Hall–Kier alpha value is -1.98. The normalized spacial score (nSPS) is 10.6. The molecular formula is C17H16N2OS2. The highest BCUT2D eigenvalue weighted by Gasteiger charge is 2.14. The van der Waals surface area contributed by atoms with Crippen LogP contribution in [-0.2, 0) is 6.54 Å². The van der Waals surface area contributed by atoms with Crippen LogP contribution in [0.25, 0.3) is 11.1 Å². The number of amides is 1. The molecule has 0 unspecified atom stereocenters. The van der Waals surface area contributed by atoms with E-state index in [4.69, 9.17) is 0 Å². The zero-order chi connectivity index (χ0) is 15.5. The largest absolute Gasteiger partial charge is 0.347 e. The summed E-state index contributed by atoms with van der Waals surface area (Å²) in [5.74, 6) is -0.0526. The third-order valence-electron chi connectivity index (χ3n) is 3.40. The van der Waals surface area contributed by atoms with Gasteiger partial charge in [-0.15, -0.1) is 11.3 Å². The molecule has 0 atom stereocenters. The van der Waals surface area contributed by atoms with Crippen molar-refractivity contribution in [1.82, 2.24) is 10.3 Å². The van der Waals surface area contributed by atoms with Crippen molar-refractivity contribution in [2.45, 2.75) is 20.4 Å². The first-order valence-corrected chi connectivity index (χ1v) is 8.74. The maximum absolute atomic E-state index is 12.3. The van der Waals surface area contributed by atoms with Gasteiger partial charge in [-0.1, -0.05) is 24.3 Å². The van der Waals surface area contributed by atoms with Gasteiger partial charge in [0.25, 0.3) is 5.91 Å². The molecule has 2 heterocycles. The predicted octanol–water partition coefficient (Wildman–Crippen LogP) is 4.42. The number of hydrogen-bond acceptors (Lipinski definition) is 4. The molecule has 22 heavy (non-hydrogen) atoms. The molecule has 0 aliphatic rings. The molecule has 0 spiro atoms. The Labute approximate surface area is 137 Å². The van der Waals surface area contributed by atoms with E-state index in [0.29, 0.717) is 11.4 Å². The molecule has 112 valence electrons. The van der Waals surface area contributed by atoms with Crippen LogP contribution in [0.15, 0.2) is 41.1 Å². The van der Waals surface area contributed by atoms with Crippen molar-refractivity contribution in [2.24, 2.45) is 0 Å². The van der Waals surface area contributed by atoms with Crippen molar-refractivity contribution in [3.05, 3.63) is 62.2 Å². The van der Waals surface area contributed by atoms with E-state index >= 15 is 0 Å². The van der Waals surface area contributed by atoms with Crippen molar-refractivity contribution in [1.29, 1.82) is 0 Å². The van der Waals surface area contributed by atoms with Crippen LogP contribution in [0.4, 0.5) is 0 Å². The van der Waals surface area contributed by atoms with Gasteiger partial charge in [0, 0.05) is 6.54 Å². The van der Waals surface area contributed by atoms with Crippen LogP contribution in [0, 0.1) is 13.8 Å². The Morgan fingerprint density at radius 3 is 2.73 bits per heavy atom. The molecule has 0 fully saturated rings. The molecule has 5 heteroatoms. The van der Waals surface area contributed by atoms with Crippen LogP contribution in [0.5, 0.6) is 0 Å². The first-order valence-electron chi connectivity index (χ1n) is 6.98. The summed E-state index contributed by atoms with van der Waals surface area (Å²) < 4.78 is 0. The molecule has 1 N–H and O–H groups in total. The Morgan fingerprint density at radius 2 is 2.05 bits per heavy atom. The highest BCUT2D eigenvalue weighted by molar-refractivity contribution is 7.13. The number of aryl methyl sites for hydroxylation is 2. The van der Waals surface area contributed by atoms with Crippen molar-refractivity contribution < 1.29 is 4.79 Å². The van der Waals surface area contributed by atoms with Crippen LogP contribution in [-0.4, -0.2) is 10.9 Å². The number of rotatable bonds is 4. The average Bonchev–Trinajstić information content (AvgIpc) is 3.15. The number of thiazole rings is 1. The third kappa shape index (κ3) is 3.10. The fourth-order valence-electron chi connectivity index (χ4n) is 2.37. The summed E-state index contributed by atoms with van der Waals surface area (Å²) >= 11 is 3.11. The van der Waals surface area contributed by atoms with Gasteiger partial charge in [0.1, 0.15) is 4.88 Å². The van der Waals surface area contributed by atoms with Gasteiger partial charge in [-0.3, -0.25) is 4.79 Å². The molecule has 3 nitrogen and oxygen atoms in total. The lowest BCUT2D eigenvalue weighted by molar-refractivity contribution is 0.0954. The second kappa shape index (κ2) is 6.42. The summed E-state index contributed by atoms with van der Waals surface area (Å²) in [4.78, 5) is 17.3. The van der Waals surface area contributed by atoms with Crippen molar-refractivity contribution in [2.75, 3.05) is 0 Å². The molecule has 1 aromatic carbocycles. The van der Waals surface area contributed by atoms with Crippen molar-refractivity contribution in [3.8, 4) is 11.1 Å². The fraction of sp³-hybridized carbons (Fsp3) is 0.176. The number of nitrogens with zero attached hydrogens (tertiary/aromatic N) is 1. The summed E-state index contributed by atoms with van der Waals surface area (Å²) in [5.41, 5.74) is 4.28. The van der Waals surface area contributed by atoms with E-state index in [0.717, 1.165) is 16.3 Å². The first kappa shape index (κ1) is 14.9. The van der Waals surface area contributed by atoms with E-state index in [9.17, 15) is 4.79 Å². The lowest BCUT2D eigenvalue weighted by atomic mass is 10.0. The summed E-state index contributed by atoms with van der Waals surface area (Å²) in [7, 11) is 0. The van der Waals surface area contributed by atoms with Crippen molar-refractivity contribution in [3.63, 3.8) is 0 Å². The Morgan fingerprint density at radius 1 is 1.23 bits per heavy atom. The minimum atomic E-state index is -0.0526. The predicted molar refractivity (Wildman–Crippen MR) is 92.5 cm³/mol. The van der Waals surface area contributed by atoms with E-state index in [-0.39, 0.29) is 5.91 Å². The molecule has 0 saturated carbocycles. The minimum absolute atomic E-state index is 0.0526. The molecule has 2 aromatic heterocycles. The smallest absolute Gasteiger partial charge is 0.263 e. The lowest BCUT2D eigenvalue weighted by Crippen LogP contribution is -2.22. The van der Waals surface area contributed by atoms with Gasteiger partial charge in [0.15, 0.2) is 0 Å². The molecule has 0 saturated heterocycles. The van der Waals surface area contributed by atoms with E-state index in [2.05, 4.69) is 39.3 Å². The summed E-state index contributed by atoms with van der Waals surface area (Å²) in [5, 5.41) is 8.11. The van der Waals surface area contributed by atoms with Crippen LogP contribution >= 0.6 is 22.7 Å². The number of aromatic nitrogens is 1. The molecule has 0 aliphatic carbocycles. The first-order chi connectivity index (χ1) is 10.6. The molecule has 3 aromatic rings. The van der Waals surface area contributed by atoms with Crippen LogP contribution in [0.2, 0.25) is 0 Å². The second-order valence-electron chi connectivity index (χ2n) is 5.00. The van der Waals surface area contributed by atoms with Crippen LogP contribution in [0.1, 0.15) is 25.9 Å². The monoisotopic (exact) mass is 328 g/mol. The van der Waals surface area contributed by atoms with Gasteiger partial charge in [0.2, 0.25) is 0 Å². The Bertz CT molecular complexity index is 791. The standard InChI is InChI=1S/C17H16N2OS2/c1-11-16(22-12(2)19-11)17(20)18-9-13-5-3-4-6-15(13)14-7-8-21-10-14/h3-8,10H,9H2,1-2H3,(H,18,20). The van der Waals surface area contributed by atoms with Gasteiger partial charge in [-0.05, 0) is 47.4 Å². The van der Waals surface area contributed by atoms with Gasteiger partial charge in [-0.2, -0.15) is 11.3 Å². The summed E-state index contributed by atoms with van der Waals surface area (Å²) in [6.45, 7) is 4.30. The topological polar surface area (TPSA) is 42.0 Å². The maximum atomic E-state index is 12.3. The number of thiophene rings is 1. The maximum Gasteiger partial charge on any atom is 0.263 e.